The summed E-state index contributed by atoms with van der Waals surface area (Å²) in [4.78, 5) is 23.2. The van der Waals surface area contributed by atoms with Gasteiger partial charge < -0.3 is 34.7 Å². The van der Waals surface area contributed by atoms with Crippen molar-refractivity contribution in [3.05, 3.63) is 65.4 Å². The second-order valence-corrected chi connectivity index (χ2v) is 13.2. The van der Waals surface area contributed by atoms with Gasteiger partial charge in [-0.3, -0.25) is 15.2 Å². The SMILES string of the molecule is COC(=O)C12CC3CC(CC(Oc4ccc(Oc5c(F)cnc(Oc6cc(C(=N)N)ccc6O)c5F)c(C5=NCCN5C)c4)(C3)C1)C2. The quantitative estimate of drug-likeness (QED) is 0.155. The van der Waals surface area contributed by atoms with E-state index < -0.39 is 34.3 Å². The van der Waals surface area contributed by atoms with Crippen LogP contribution >= 0.6 is 0 Å². The van der Waals surface area contributed by atoms with Crippen LogP contribution in [0.1, 0.15) is 49.7 Å². The first-order valence-electron chi connectivity index (χ1n) is 15.5. The zero-order valence-corrected chi connectivity index (χ0v) is 26.0. The normalized spacial score (nSPS) is 25.8. The molecule has 4 saturated carbocycles. The van der Waals surface area contributed by atoms with Gasteiger partial charge in [0.1, 0.15) is 28.8 Å². The monoisotopic (exact) mass is 647 g/mol. The Bertz CT molecular complexity index is 1800. The second kappa shape index (κ2) is 11.4. The first kappa shape index (κ1) is 30.7. The number of carbonyl (C=O) groups excluding carboxylic acids is 1. The first-order chi connectivity index (χ1) is 22.5. The molecule has 4 aliphatic carbocycles. The lowest BCUT2D eigenvalue weighted by Crippen LogP contribution is -2.60. The summed E-state index contributed by atoms with van der Waals surface area (Å²) in [7, 11) is 3.31. The summed E-state index contributed by atoms with van der Waals surface area (Å²) in [6, 6.07) is 8.91. The number of hydrogen-bond donors (Lipinski definition) is 3. The number of esters is 1. The van der Waals surface area contributed by atoms with E-state index in [1.807, 2.05) is 11.9 Å². The first-order valence-corrected chi connectivity index (χ1v) is 15.5. The van der Waals surface area contributed by atoms with E-state index in [9.17, 15) is 9.90 Å². The Morgan fingerprint density at radius 1 is 1.09 bits per heavy atom. The number of phenols is 1. The van der Waals surface area contributed by atoms with E-state index in [1.165, 1.54) is 25.3 Å². The summed E-state index contributed by atoms with van der Waals surface area (Å²) >= 11 is 0. The van der Waals surface area contributed by atoms with Gasteiger partial charge in [0.05, 0.1) is 30.8 Å². The van der Waals surface area contributed by atoms with E-state index >= 15 is 8.78 Å². The summed E-state index contributed by atoms with van der Waals surface area (Å²) in [5.41, 5.74) is 5.15. The van der Waals surface area contributed by atoms with Gasteiger partial charge in [0, 0.05) is 25.6 Å². The van der Waals surface area contributed by atoms with Crippen LogP contribution in [0.4, 0.5) is 8.78 Å². The standard InChI is InChI=1S/C34H35F2N5O6/c1-41-8-7-39-30(41)22-11-21(47-34-14-18-9-19(15-34)13-33(12-18,17-34)32(43)44-2)4-6-25(22)45-28-23(35)16-40-31(27(28)36)46-26-10-20(29(37)38)3-5-24(26)42/h3-6,10-11,16,18-19,42H,7-9,12-15,17H2,1-2H3,(H3,37,38). The molecule has 0 amide bonds. The highest BCUT2D eigenvalue weighted by Gasteiger charge is 2.62. The predicted molar refractivity (Wildman–Crippen MR) is 166 cm³/mol. The minimum atomic E-state index is -1.24. The third kappa shape index (κ3) is 5.47. The van der Waals surface area contributed by atoms with E-state index in [-0.39, 0.29) is 34.6 Å². The Morgan fingerprint density at radius 2 is 1.85 bits per heavy atom. The maximum Gasteiger partial charge on any atom is 0.311 e. The highest BCUT2D eigenvalue weighted by atomic mass is 19.1. The molecule has 3 aromatic rings. The number of aliphatic imine (C=N–C) groups is 1. The van der Waals surface area contributed by atoms with Crippen molar-refractivity contribution >= 4 is 17.6 Å². The Labute approximate surface area is 269 Å². The average molecular weight is 648 g/mol. The second-order valence-electron chi connectivity index (χ2n) is 13.2. The molecule has 0 spiro atoms. The fourth-order valence-electron chi connectivity index (χ4n) is 8.24. The van der Waals surface area contributed by atoms with Crippen LogP contribution in [0.15, 0.2) is 47.6 Å². The largest absolute Gasteiger partial charge is 0.504 e. The van der Waals surface area contributed by atoms with E-state index in [0.29, 0.717) is 48.5 Å². The third-order valence-electron chi connectivity index (χ3n) is 9.80. The number of methoxy groups -OCH3 is 1. The van der Waals surface area contributed by atoms with Gasteiger partial charge in [0.25, 0.3) is 5.88 Å². The number of rotatable bonds is 9. The number of nitrogens with one attached hydrogen (secondary N) is 1. The number of nitrogens with zero attached hydrogens (tertiary/aromatic N) is 3. The number of nitrogens with two attached hydrogens (primary N) is 1. The molecule has 1 aromatic heterocycles. The molecule has 8 rings (SSSR count). The van der Waals surface area contributed by atoms with Crippen molar-refractivity contribution in [3.8, 4) is 34.6 Å². The van der Waals surface area contributed by atoms with Crippen LogP contribution in [0.2, 0.25) is 0 Å². The number of halogens is 2. The van der Waals surface area contributed by atoms with Gasteiger partial charge in [-0.2, -0.15) is 4.39 Å². The number of benzene rings is 2. The van der Waals surface area contributed by atoms with Crippen molar-refractivity contribution in [2.24, 2.45) is 28.0 Å². The van der Waals surface area contributed by atoms with Gasteiger partial charge in [-0.05, 0) is 80.3 Å². The van der Waals surface area contributed by atoms with Gasteiger partial charge in [-0.1, -0.05) is 0 Å². The molecule has 2 heterocycles. The smallest absolute Gasteiger partial charge is 0.311 e. The number of aromatic hydroxyl groups is 1. The Kier molecular flexibility index (Phi) is 7.44. The zero-order valence-electron chi connectivity index (χ0n) is 26.0. The number of phenolic OH excluding ortho intramolecular Hbond substituents is 1. The van der Waals surface area contributed by atoms with Crippen molar-refractivity contribution in [1.29, 1.82) is 5.41 Å². The van der Waals surface area contributed by atoms with E-state index in [0.717, 1.165) is 38.3 Å². The number of pyridine rings is 1. The van der Waals surface area contributed by atoms with E-state index in [2.05, 4.69) is 9.98 Å². The van der Waals surface area contributed by atoms with Gasteiger partial charge in [0.2, 0.25) is 11.6 Å². The topological polar surface area (TPSA) is 153 Å². The lowest BCUT2D eigenvalue weighted by Gasteiger charge is -2.60. The molecule has 4 bridgehead atoms. The summed E-state index contributed by atoms with van der Waals surface area (Å²) < 4.78 is 54.3. The number of amidine groups is 2. The van der Waals surface area contributed by atoms with Crippen molar-refractivity contribution < 1.29 is 37.6 Å². The number of hydrogen-bond acceptors (Lipinski definition) is 10. The highest BCUT2D eigenvalue weighted by Crippen LogP contribution is 2.63. The Morgan fingerprint density at radius 3 is 2.53 bits per heavy atom. The molecule has 5 aliphatic rings. The molecule has 4 fully saturated rings. The highest BCUT2D eigenvalue weighted by molar-refractivity contribution is 6.02. The molecule has 246 valence electrons. The lowest BCUT2D eigenvalue weighted by atomic mass is 9.48. The fraction of sp³-hybridized carbons (Fsp3) is 0.412. The lowest BCUT2D eigenvalue weighted by molar-refractivity contribution is -0.188. The minimum Gasteiger partial charge on any atom is -0.504 e. The number of nitrogen functional groups attached to an aromatic ring is 1. The van der Waals surface area contributed by atoms with Crippen LogP contribution in [0.5, 0.6) is 34.6 Å². The number of likely N-dealkylation sites (N-methyl/N-ethyl adjacent to an activating group) is 1. The van der Waals surface area contributed by atoms with Crippen LogP contribution in [0, 0.1) is 34.3 Å². The number of aromatic nitrogens is 1. The maximum absolute atomic E-state index is 15.8. The van der Waals surface area contributed by atoms with Gasteiger partial charge in [0.15, 0.2) is 17.3 Å². The Balaban J connectivity index is 1.21. The van der Waals surface area contributed by atoms with Crippen LogP contribution in [-0.2, 0) is 9.53 Å². The third-order valence-corrected chi connectivity index (χ3v) is 9.80. The summed E-state index contributed by atoms with van der Waals surface area (Å²) in [6.07, 6.45) is 5.74. The molecule has 11 nitrogen and oxygen atoms in total. The predicted octanol–water partition coefficient (Wildman–Crippen LogP) is 5.52. The maximum atomic E-state index is 15.8. The molecule has 2 atom stereocenters. The molecular weight excluding hydrogens is 612 g/mol. The summed E-state index contributed by atoms with van der Waals surface area (Å²) in [6.45, 7) is 1.18. The zero-order chi connectivity index (χ0) is 33.1. The van der Waals surface area contributed by atoms with Crippen molar-refractivity contribution in [2.45, 2.75) is 44.1 Å². The Hall–Kier alpha value is -4.94. The summed E-state index contributed by atoms with van der Waals surface area (Å²) in [5, 5.41) is 17.9. The van der Waals surface area contributed by atoms with Gasteiger partial charge in [-0.15, -0.1) is 0 Å². The molecule has 2 aromatic carbocycles. The van der Waals surface area contributed by atoms with Crippen molar-refractivity contribution in [2.75, 3.05) is 27.2 Å². The fourth-order valence-corrected chi connectivity index (χ4v) is 8.24. The minimum absolute atomic E-state index is 0.123. The average Bonchev–Trinajstić information content (AvgIpc) is 3.46. The molecule has 0 saturated heterocycles. The van der Waals surface area contributed by atoms with Gasteiger partial charge >= 0.3 is 5.97 Å². The molecule has 4 N–H and O–H groups in total. The van der Waals surface area contributed by atoms with Crippen LogP contribution < -0.4 is 19.9 Å². The molecule has 47 heavy (non-hydrogen) atoms. The van der Waals surface area contributed by atoms with Gasteiger partial charge in [-0.25, -0.2) is 9.37 Å². The molecule has 0 radical (unpaired) electrons. The molecular formula is C34H35F2N5O6. The van der Waals surface area contributed by atoms with Crippen LogP contribution in [-0.4, -0.2) is 65.5 Å². The number of carbonyl (C=O) groups is 1. The summed E-state index contributed by atoms with van der Waals surface area (Å²) in [5.74, 6) is -2.82. The molecule has 13 heteroatoms. The van der Waals surface area contributed by atoms with E-state index in [1.54, 1.807) is 18.2 Å². The van der Waals surface area contributed by atoms with E-state index in [4.69, 9.17) is 30.1 Å². The molecule has 1 aliphatic heterocycles. The van der Waals surface area contributed by atoms with Crippen molar-refractivity contribution in [1.82, 2.24) is 9.88 Å². The molecule has 2 unspecified atom stereocenters. The van der Waals surface area contributed by atoms with Crippen molar-refractivity contribution in [3.63, 3.8) is 0 Å². The van der Waals surface area contributed by atoms with Crippen LogP contribution in [0.3, 0.4) is 0 Å². The number of ether oxygens (including phenoxy) is 4. The van der Waals surface area contributed by atoms with Crippen LogP contribution in [0.25, 0.3) is 0 Å².